The van der Waals surface area contributed by atoms with Crippen LogP contribution < -0.4 is 11.1 Å². The fourth-order valence-corrected chi connectivity index (χ4v) is 9.32. The molecule has 2 aromatic rings. The maximum atomic E-state index is 13.6. The molecule has 6 rings (SSSR count). The molecule has 0 aliphatic carbocycles. The summed E-state index contributed by atoms with van der Waals surface area (Å²) in [5.41, 5.74) is 7.28. The molecule has 0 bridgehead atoms. The standard InChI is InChI=1S/C20H22N12O5S4/c1-29-19(23-25-27-29)40-5-7-3-38-16-9(21)14(34)31(16)11(7)13(33)22-10-15(35)32-12(18(36)37)8(4-39-17(10)32)6-41-20-24-26-28-30(20)2/h9-10,16-17H,3-6,21H2,1-2H3,(H,22,33)(H,36,37)/t9-,10-,16-,17-/m1/s1. The number of carboxylic acid groups (broad SMARTS) is 1. The number of hydrogen-bond acceptors (Lipinski definition) is 15. The molecular formula is C20H22N12O5S4. The lowest BCUT2D eigenvalue weighted by molar-refractivity contribution is -0.151. The van der Waals surface area contributed by atoms with Crippen molar-refractivity contribution >= 4 is 70.7 Å². The van der Waals surface area contributed by atoms with E-state index in [1.807, 2.05) is 0 Å². The first-order valence-electron chi connectivity index (χ1n) is 12.0. The lowest BCUT2D eigenvalue weighted by Crippen LogP contribution is -2.72. The zero-order chi connectivity index (χ0) is 29.0. The average Bonchev–Trinajstić information content (AvgIpc) is 3.58. The van der Waals surface area contributed by atoms with Gasteiger partial charge < -0.3 is 16.2 Å². The Morgan fingerprint density at radius 1 is 0.927 bits per heavy atom. The highest BCUT2D eigenvalue weighted by Crippen LogP contribution is 2.43. The summed E-state index contributed by atoms with van der Waals surface area (Å²) < 4.78 is 2.97. The second-order valence-electron chi connectivity index (χ2n) is 9.25. The van der Waals surface area contributed by atoms with Crippen molar-refractivity contribution in [2.45, 2.75) is 33.1 Å². The fraction of sp³-hybridized carbons (Fsp3) is 0.500. The number of nitrogens with two attached hydrogens (primary N) is 1. The summed E-state index contributed by atoms with van der Waals surface area (Å²) in [6, 6.07) is -1.67. The molecule has 2 aromatic heterocycles. The summed E-state index contributed by atoms with van der Waals surface area (Å²) in [5.74, 6) is -1.31. The minimum atomic E-state index is -1.23. The third-order valence-corrected chi connectivity index (χ3v) is 11.6. The smallest absolute Gasteiger partial charge is 0.352 e. The molecule has 0 saturated carbocycles. The molecule has 4 N–H and O–H groups in total. The van der Waals surface area contributed by atoms with E-state index in [0.717, 1.165) is 0 Å². The topological polar surface area (TPSA) is 220 Å². The Hall–Kier alpha value is -3.14. The molecule has 216 valence electrons. The van der Waals surface area contributed by atoms with Crippen LogP contribution in [0.2, 0.25) is 0 Å². The number of rotatable bonds is 9. The minimum Gasteiger partial charge on any atom is -0.477 e. The third kappa shape index (κ3) is 4.77. The van der Waals surface area contributed by atoms with Crippen molar-refractivity contribution in [2.75, 3.05) is 23.0 Å². The van der Waals surface area contributed by atoms with Crippen molar-refractivity contribution < 1.29 is 24.3 Å². The average molecular weight is 639 g/mol. The van der Waals surface area contributed by atoms with Crippen LogP contribution in [-0.2, 0) is 33.3 Å². The van der Waals surface area contributed by atoms with Crippen LogP contribution in [0, 0.1) is 0 Å². The largest absolute Gasteiger partial charge is 0.477 e. The van der Waals surface area contributed by atoms with Gasteiger partial charge >= 0.3 is 5.97 Å². The Bertz CT molecular complexity index is 1520. The zero-order valence-electron chi connectivity index (χ0n) is 21.4. The van der Waals surface area contributed by atoms with Gasteiger partial charge in [-0.15, -0.1) is 33.7 Å². The Morgan fingerprint density at radius 2 is 1.46 bits per heavy atom. The Labute approximate surface area is 248 Å². The molecule has 0 unspecified atom stereocenters. The zero-order valence-corrected chi connectivity index (χ0v) is 24.7. The van der Waals surface area contributed by atoms with E-state index in [0.29, 0.717) is 38.7 Å². The van der Waals surface area contributed by atoms with Crippen molar-refractivity contribution in [2.24, 2.45) is 19.8 Å². The molecule has 2 saturated heterocycles. The number of thioether (sulfide) groups is 4. The third-order valence-electron chi connectivity index (χ3n) is 6.75. The van der Waals surface area contributed by atoms with Crippen LogP contribution >= 0.6 is 47.0 Å². The molecule has 2 fully saturated rings. The number of amides is 3. The monoisotopic (exact) mass is 638 g/mol. The van der Waals surface area contributed by atoms with E-state index in [1.54, 1.807) is 14.1 Å². The van der Waals surface area contributed by atoms with E-state index in [4.69, 9.17) is 5.73 Å². The van der Waals surface area contributed by atoms with Crippen molar-refractivity contribution in [3.63, 3.8) is 0 Å². The fourth-order valence-electron chi connectivity index (χ4n) is 4.70. The molecule has 41 heavy (non-hydrogen) atoms. The number of nitrogens with one attached hydrogen (secondary N) is 1. The SMILES string of the molecule is Cn1nnnc1SCC1=C(C(=O)N[C@@H]2C(=O)N3C(C(=O)O)=C(CSc4nnnn4C)CS[C@H]23)N2C(=O)[C@@H](N)[C@H]2SC1. The molecule has 0 radical (unpaired) electrons. The molecule has 3 amide bonds. The summed E-state index contributed by atoms with van der Waals surface area (Å²) >= 11 is 5.41. The highest BCUT2D eigenvalue weighted by molar-refractivity contribution is 8.01. The van der Waals surface area contributed by atoms with Crippen LogP contribution in [0.3, 0.4) is 0 Å². The van der Waals surface area contributed by atoms with E-state index < -0.39 is 35.2 Å². The molecule has 4 aliphatic heterocycles. The summed E-state index contributed by atoms with van der Waals surface area (Å²) in [6.45, 7) is 0. The number of β-lactam (4-membered cyclic amide) rings is 2. The first-order valence-corrected chi connectivity index (χ1v) is 16.1. The van der Waals surface area contributed by atoms with Crippen LogP contribution in [-0.4, -0.2) is 125 Å². The second kappa shape index (κ2) is 10.9. The van der Waals surface area contributed by atoms with Gasteiger partial charge in [0, 0.05) is 37.1 Å². The van der Waals surface area contributed by atoms with Crippen LogP contribution in [0.25, 0.3) is 0 Å². The summed E-state index contributed by atoms with van der Waals surface area (Å²) in [6.07, 6.45) is 0. The molecule has 4 atom stereocenters. The second-order valence-corrected chi connectivity index (χ2v) is 13.3. The van der Waals surface area contributed by atoms with Gasteiger partial charge in [-0.3, -0.25) is 24.2 Å². The van der Waals surface area contributed by atoms with Gasteiger partial charge in [-0.25, -0.2) is 14.2 Å². The van der Waals surface area contributed by atoms with Crippen LogP contribution in [0.4, 0.5) is 0 Å². The number of aromatic nitrogens is 8. The molecule has 0 aromatic carbocycles. The van der Waals surface area contributed by atoms with Crippen LogP contribution in [0.15, 0.2) is 32.9 Å². The lowest BCUT2D eigenvalue weighted by atomic mass is 10.0. The highest BCUT2D eigenvalue weighted by atomic mass is 32.2. The molecule has 0 spiro atoms. The maximum absolute atomic E-state index is 13.6. The van der Waals surface area contributed by atoms with Crippen molar-refractivity contribution in [1.29, 1.82) is 0 Å². The lowest BCUT2D eigenvalue weighted by Gasteiger charge is -2.51. The van der Waals surface area contributed by atoms with Gasteiger partial charge in [-0.05, 0) is 32.0 Å². The van der Waals surface area contributed by atoms with Crippen LogP contribution in [0.5, 0.6) is 0 Å². The van der Waals surface area contributed by atoms with Gasteiger partial charge in [0.1, 0.15) is 34.2 Å². The molecule has 6 heterocycles. The summed E-state index contributed by atoms with van der Waals surface area (Å²) in [7, 11) is 3.37. The molecule has 17 nitrogen and oxygen atoms in total. The number of carbonyl (C=O) groups excluding carboxylic acids is 3. The maximum Gasteiger partial charge on any atom is 0.352 e. The van der Waals surface area contributed by atoms with Gasteiger partial charge in [0.15, 0.2) is 0 Å². The number of fused-ring (bicyclic) bond motifs is 2. The Balaban J connectivity index is 1.20. The van der Waals surface area contributed by atoms with Crippen LogP contribution in [0.1, 0.15) is 0 Å². The van der Waals surface area contributed by atoms with Gasteiger partial charge in [0.2, 0.25) is 16.2 Å². The minimum absolute atomic E-state index is 0.0986. The van der Waals surface area contributed by atoms with E-state index >= 15 is 0 Å². The Kier molecular flexibility index (Phi) is 7.46. The van der Waals surface area contributed by atoms with E-state index in [9.17, 15) is 24.3 Å². The highest BCUT2D eigenvalue weighted by Gasteiger charge is 2.56. The number of carbonyl (C=O) groups is 4. The van der Waals surface area contributed by atoms with Crippen molar-refractivity contribution in [1.82, 2.24) is 55.5 Å². The van der Waals surface area contributed by atoms with Gasteiger partial charge in [0.25, 0.3) is 11.8 Å². The van der Waals surface area contributed by atoms with Crippen molar-refractivity contribution in [3.05, 3.63) is 22.5 Å². The first kappa shape index (κ1) is 28.0. The number of hydrogen-bond donors (Lipinski definition) is 3. The van der Waals surface area contributed by atoms with Gasteiger partial charge in [0.05, 0.1) is 0 Å². The number of aliphatic carboxylic acids is 1. The van der Waals surface area contributed by atoms with E-state index in [-0.39, 0.29) is 28.4 Å². The molecule has 4 aliphatic rings. The first-order chi connectivity index (χ1) is 19.7. The Morgan fingerprint density at radius 3 is 2.00 bits per heavy atom. The predicted octanol–water partition coefficient (Wildman–Crippen LogP) is -2.15. The molecule has 21 heteroatoms. The molecular weight excluding hydrogens is 617 g/mol. The normalized spacial score (nSPS) is 25.5. The number of carboxylic acids is 1. The van der Waals surface area contributed by atoms with Gasteiger partial charge in [-0.2, -0.15) is 0 Å². The predicted molar refractivity (Wildman–Crippen MR) is 147 cm³/mol. The summed E-state index contributed by atoms with van der Waals surface area (Å²) in [5, 5.41) is 35.4. The number of aryl methyl sites for hydroxylation is 2. The number of nitrogens with zero attached hydrogens (tertiary/aromatic N) is 10. The van der Waals surface area contributed by atoms with E-state index in [1.165, 1.54) is 66.2 Å². The number of tetrazole rings is 2. The quantitative estimate of drug-likeness (QED) is 0.197. The van der Waals surface area contributed by atoms with Gasteiger partial charge in [-0.1, -0.05) is 23.5 Å². The van der Waals surface area contributed by atoms with E-state index in [2.05, 4.69) is 36.4 Å². The summed E-state index contributed by atoms with van der Waals surface area (Å²) in [4.78, 5) is 54.4. The van der Waals surface area contributed by atoms with Crippen molar-refractivity contribution in [3.8, 4) is 0 Å².